The lowest BCUT2D eigenvalue weighted by molar-refractivity contribution is 0.594. The first-order valence-corrected chi connectivity index (χ1v) is 13.0. The molecule has 0 atom stereocenters. The Morgan fingerprint density at radius 3 is 1.20 bits per heavy atom. The van der Waals surface area contributed by atoms with Gasteiger partial charge in [0.25, 0.3) is 0 Å². The molecule has 0 saturated carbocycles. The van der Waals surface area contributed by atoms with Crippen LogP contribution in [0.2, 0.25) is 0 Å². The van der Waals surface area contributed by atoms with Crippen LogP contribution in [0.1, 0.15) is 77.6 Å². The Bertz CT molecular complexity index is 776. The molecule has 0 spiro atoms. The molecule has 0 aliphatic rings. The van der Waals surface area contributed by atoms with Crippen LogP contribution in [0, 0.1) is 23.7 Å². The van der Waals surface area contributed by atoms with Crippen molar-refractivity contribution in [1.29, 1.82) is 0 Å². The van der Waals surface area contributed by atoms with E-state index in [1.807, 2.05) is 0 Å². The molecule has 0 saturated heterocycles. The molecule has 0 aliphatic heterocycles. The monoisotopic (exact) mass is 425 g/mol. The van der Waals surface area contributed by atoms with Crippen molar-refractivity contribution < 1.29 is 4.57 Å². The summed E-state index contributed by atoms with van der Waals surface area (Å²) in [6.45, 7) is 18.1. The van der Waals surface area contributed by atoms with Crippen LogP contribution in [-0.2, 0) is 30.2 Å². The third kappa shape index (κ3) is 6.78. The maximum atomic E-state index is 14.1. The van der Waals surface area contributed by atoms with Crippen molar-refractivity contribution >= 4 is 18.4 Å². The molecule has 2 rings (SSSR count). The van der Waals surface area contributed by atoms with Gasteiger partial charge in [0.2, 0.25) is 0 Å². The fraction of sp³-hybridized carbons (Fsp3) is 0.571. The fourth-order valence-electron chi connectivity index (χ4n) is 4.30. The van der Waals surface area contributed by atoms with Gasteiger partial charge in [-0.25, -0.2) is 0 Å². The first kappa shape index (κ1) is 24.8. The van der Waals surface area contributed by atoms with Crippen molar-refractivity contribution in [3.8, 4) is 0 Å². The molecule has 0 radical (unpaired) electrons. The van der Waals surface area contributed by atoms with Gasteiger partial charge in [0.1, 0.15) is 0 Å². The first-order valence-electron chi connectivity index (χ1n) is 11.8. The summed E-state index contributed by atoms with van der Waals surface area (Å²) in [7, 11) is -1.61. The van der Waals surface area contributed by atoms with E-state index in [4.69, 9.17) is 0 Å². The SMILES string of the molecule is CC(C)Cc1cccc([P+](=O)c2cccc(CC(C)C)c2CC(C)C)c1CC(C)C. The Balaban J connectivity index is 2.62. The van der Waals surface area contributed by atoms with Gasteiger partial charge in [-0.2, -0.15) is 0 Å². The fourth-order valence-corrected chi connectivity index (χ4v) is 5.97. The maximum Gasteiger partial charge on any atom is 0.415 e. The van der Waals surface area contributed by atoms with Crippen LogP contribution in [-0.4, -0.2) is 0 Å². The summed E-state index contributed by atoms with van der Waals surface area (Å²) in [6, 6.07) is 13.0. The highest BCUT2D eigenvalue weighted by atomic mass is 31.1. The van der Waals surface area contributed by atoms with Crippen LogP contribution in [0.3, 0.4) is 0 Å². The maximum absolute atomic E-state index is 14.1. The van der Waals surface area contributed by atoms with Gasteiger partial charge >= 0.3 is 7.80 Å². The van der Waals surface area contributed by atoms with E-state index in [1.54, 1.807) is 0 Å². The first-order chi connectivity index (χ1) is 14.1. The predicted molar refractivity (Wildman–Crippen MR) is 134 cm³/mol. The van der Waals surface area contributed by atoms with Crippen molar-refractivity contribution in [3.05, 3.63) is 58.7 Å². The van der Waals surface area contributed by atoms with Gasteiger partial charge in [-0.1, -0.05) is 84.2 Å². The van der Waals surface area contributed by atoms with Gasteiger partial charge in [0.15, 0.2) is 10.6 Å². The van der Waals surface area contributed by atoms with E-state index in [0.717, 1.165) is 36.3 Å². The van der Waals surface area contributed by atoms with Crippen molar-refractivity contribution in [3.63, 3.8) is 0 Å². The van der Waals surface area contributed by atoms with Gasteiger partial charge in [-0.3, -0.25) is 0 Å². The number of rotatable bonds is 10. The van der Waals surface area contributed by atoms with Crippen LogP contribution < -0.4 is 10.6 Å². The average Bonchev–Trinajstić information content (AvgIpc) is 2.62. The third-order valence-electron chi connectivity index (χ3n) is 5.42. The number of hydrogen-bond donors (Lipinski definition) is 0. The largest absolute Gasteiger partial charge is 0.415 e. The van der Waals surface area contributed by atoms with E-state index in [0.29, 0.717) is 23.7 Å². The molecular formula is C28H42OP+. The summed E-state index contributed by atoms with van der Waals surface area (Å²) in [5.41, 5.74) is 5.41. The summed E-state index contributed by atoms with van der Waals surface area (Å²) in [4.78, 5) is 0. The van der Waals surface area contributed by atoms with E-state index in [-0.39, 0.29) is 0 Å². The molecule has 0 fully saturated rings. The lowest BCUT2D eigenvalue weighted by Gasteiger charge is -2.16. The van der Waals surface area contributed by atoms with Crippen LogP contribution in [0.5, 0.6) is 0 Å². The zero-order valence-electron chi connectivity index (χ0n) is 20.5. The van der Waals surface area contributed by atoms with Gasteiger partial charge in [0.05, 0.1) is 0 Å². The molecule has 2 heteroatoms. The lowest BCUT2D eigenvalue weighted by Crippen LogP contribution is -2.21. The van der Waals surface area contributed by atoms with Gasteiger partial charge < -0.3 is 0 Å². The summed E-state index contributed by atoms with van der Waals surface area (Å²) in [6.07, 6.45) is 4.08. The number of hydrogen-bond acceptors (Lipinski definition) is 1. The molecule has 0 aromatic heterocycles. The summed E-state index contributed by atoms with van der Waals surface area (Å²) >= 11 is 0. The van der Waals surface area contributed by atoms with E-state index >= 15 is 0 Å². The smallest absolute Gasteiger partial charge is 0.0625 e. The summed E-state index contributed by atoms with van der Waals surface area (Å²) in [5, 5.41) is 2.12. The van der Waals surface area contributed by atoms with Crippen molar-refractivity contribution in [2.75, 3.05) is 0 Å². The Hall–Kier alpha value is -1.46. The van der Waals surface area contributed by atoms with E-state index in [2.05, 4.69) is 91.8 Å². The molecule has 0 heterocycles. The normalized spacial score (nSPS) is 11.9. The predicted octanol–water partition coefficient (Wildman–Crippen LogP) is 7.26. The second-order valence-electron chi connectivity index (χ2n) is 10.5. The van der Waals surface area contributed by atoms with Crippen molar-refractivity contribution in [1.82, 2.24) is 0 Å². The Morgan fingerprint density at radius 2 is 0.900 bits per heavy atom. The topological polar surface area (TPSA) is 17.1 Å². The molecule has 1 nitrogen and oxygen atoms in total. The Morgan fingerprint density at radius 1 is 0.567 bits per heavy atom. The van der Waals surface area contributed by atoms with E-state index in [1.165, 1.54) is 22.3 Å². The molecule has 0 amide bonds. The average molecular weight is 426 g/mol. The van der Waals surface area contributed by atoms with Gasteiger partial charge in [-0.05, 0) is 72.6 Å². The van der Waals surface area contributed by atoms with Crippen molar-refractivity contribution in [2.24, 2.45) is 23.7 Å². The van der Waals surface area contributed by atoms with Gasteiger partial charge in [0, 0.05) is 11.1 Å². The molecule has 0 aliphatic carbocycles. The van der Waals surface area contributed by atoms with Crippen LogP contribution in [0.4, 0.5) is 0 Å². The molecule has 30 heavy (non-hydrogen) atoms. The standard InChI is InChI=1S/C28H42OP/c1-19(2)15-23-11-9-13-27(25(23)17-21(5)6)30(29)28-14-10-12-24(16-20(3)4)26(28)18-22(7)8/h9-14,19-22H,15-18H2,1-8H3/q+1. The highest BCUT2D eigenvalue weighted by Gasteiger charge is 2.32. The second-order valence-corrected chi connectivity index (χ2v) is 12.1. The van der Waals surface area contributed by atoms with Crippen molar-refractivity contribution in [2.45, 2.75) is 81.1 Å². The van der Waals surface area contributed by atoms with E-state index < -0.39 is 7.80 Å². The quantitative estimate of drug-likeness (QED) is 0.366. The van der Waals surface area contributed by atoms with Crippen LogP contribution in [0.15, 0.2) is 36.4 Å². The minimum atomic E-state index is -1.61. The minimum Gasteiger partial charge on any atom is -0.0625 e. The molecule has 0 bridgehead atoms. The zero-order valence-corrected chi connectivity index (χ0v) is 21.4. The van der Waals surface area contributed by atoms with Crippen LogP contribution >= 0.6 is 7.80 Å². The third-order valence-corrected chi connectivity index (χ3v) is 7.13. The minimum absolute atomic E-state index is 0.544. The second kappa shape index (κ2) is 11.2. The lowest BCUT2D eigenvalue weighted by atomic mass is 9.92. The molecule has 164 valence electrons. The number of benzene rings is 2. The summed E-state index contributed by atoms with van der Waals surface area (Å²) in [5.74, 6) is 2.27. The van der Waals surface area contributed by atoms with Gasteiger partial charge in [-0.15, -0.1) is 0 Å². The highest BCUT2D eigenvalue weighted by Crippen LogP contribution is 2.30. The molecule has 0 N–H and O–H groups in total. The van der Waals surface area contributed by atoms with E-state index in [9.17, 15) is 4.57 Å². The summed E-state index contributed by atoms with van der Waals surface area (Å²) < 4.78 is 14.1. The molecule has 2 aromatic carbocycles. The zero-order chi connectivity index (χ0) is 22.4. The highest BCUT2D eigenvalue weighted by molar-refractivity contribution is 7.61. The Kier molecular flexibility index (Phi) is 9.30. The molecule has 2 aromatic rings. The van der Waals surface area contributed by atoms with Crippen LogP contribution in [0.25, 0.3) is 0 Å². The Labute approximate surface area is 186 Å². The molecular weight excluding hydrogens is 383 g/mol. The molecule has 0 unspecified atom stereocenters.